The zero-order chi connectivity index (χ0) is 18.1. The summed E-state index contributed by atoms with van der Waals surface area (Å²) in [5.74, 6) is 0. The van der Waals surface area contributed by atoms with Gasteiger partial charge >= 0.3 is 0 Å². The van der Waals surface area contributed by atoms with Crippen LogP contribution in [-0.4, -0.2) is 19.7 Å². The van der Waals surface area contributed by atoms with E-state index in [0.29, 0.717) is 37.1 Å². The van der Waals surface area contributed by atoms with Crippen molar-refractivity contribution in [2.75, 3.05) is 5.73 Å². The second-order valence-electron chi connectivity index (χ2n) is 5.44. The third kappa shape index (κ3) is 3.44. The van der Waals surface area contributed by atoms with E-state index < -0.39 is 0 Å². The minimum Gasteiger partial charge on any atom is -0.374 e. The van der Waals surface area contributed by atoms with E-state index in [1.54, 1.807) is 22.8 Å². The largest absolute Gasteiger partial charge is 0.374 e. The van der Waals surface area contributed by atoms with Gasteiger partial charge in [0.2, 0.25) is 5.13 Å². The van der Waals surface area contributed by atoms with Crippen molar-refractivity contribution in [3.8, 4) is 0 Å². The van der Waals surface area contributed by atoms with E-state index in [1.807, 2.05) is 30.3 Å². The van der Waals surface area contributed by atoms with E-state index in [2.05, 4.69) is 15.2 Å². The number of nitrogens with two attached hydrogens (primary N) is 1. The number of aromatic nitrogens is 4. The maximum Gasteiger partial charge on any atom is 0.262 e. The van der Waals surface area contributed by atoms with Crippen LogP contribution in [0.25, 0.3) is 10.9 Å². The number of halogens is 1. The first-order chi connectivity index (χ1) is 12.6. The van der Waals surface area contributed by atoms with Crippen molar-refractivity contribution in [2.45, 2.75) is 16.0 Å². The highest BCUT2D eigenvalue weighted by Crippen LogP contribution is 2.30. The van der Waals surface area contributed by atoms with Gasteiger partial charge in [-0.3, -0.25) is 9.36 Å². The molecule has 2 N–H and O–H groups in total. The van der Waals surface area contributed by atoms with Crippen LogP contribution in [-0.2, 0) is 6.54 Å². The zero-order valence-corrected chi connectivity index (χ0v) is 15.7. The van der Waals surface area contributed by atoms with Crippen LogP contribution in [0, 0.1) is 0 Å². The van der Waals surface area contributed by atoms with E-state index in [9.17, 15) is 4.79 Å². The van der Waals surface area contributed by atoms with E-state index >= 15 is 0 Å². The SMILES string of the molecule is Nc1nnc(Sc2nc3ccc(Cl)cc3c(=O)n2Cc2ccccc2)s1. The number of nitrogen functional groups attached to an aromatic ring is 1. The van der Waals surface area contributed by atoms with Gasteiger partial charge in [0.05, 0.1) is 17.4 Å². The molecule has 4 rings (SSSR count). The average Bonchev–Trinajstić information content (AvgIpc) is 3.05. The van der Waals surface area contributed by atoms with Crippen LogP contribution in [0.2, 0.25) is 5.02 Å². The van der Waals surface area contributed by atoms with Gasteiger partial charge in [-0.25, -0.2) is 4.98 Å². The molecule has 0 saturated carbocycles. The number of rotatable bonds is 4. The predicted molar refractivity (Wildman–Crippen MR) is 105 cm³/mol. The van der Waals surface area contributed by atoms with Crippen LogP contribution in [0.5, 0.6) is 0 Å². The minimum absolute atomic E-state index is 0.152. The third-order valence-corrected chi connectivity index (χ3v) is 5.70. The third-order valence-electron chi connectivity index (χ3n) is 3.67. The van der Waals surface area contributed by atoms with Crippen molar-refractivity contribution in [1.29, 1.82) is 0 Å². The molecule has 130 valence electrons. The first-order valence-corrected chi connectivity index (χ1v) is 9.62. The first kappa shape index (κ1) is 17.0. The Morgan fingerprint density at radius 3 is 2.69 bits per heavy atom. The summed E-state index contributed by atoms with van der Waals surface area (Å²) < 4.78 is 2.25. The molecule has 0 atom stereocenters. The monoisotopic (exact) mass is 401 g/mol. The molecule has 0 spiro atoms. The number of benzene rings is 2. The van der Waals surface area contributed by atoms with Gasteiger partial charge in [-0.05, 0) is 35.5 Å². The molecule has 2 aromatic carbocycles. The summed E-state index contributed by atoms with van der Waals surface area (Å²) in [6.07, 6.45) is 0. The molecule has 9 heteroatoms. The summed E-state index contributed by atoms with van der Waals surface area (Å²) in [5, 5.41) is 9.71. The van der Waals surface area contributed by atoms with Gasteiger partial charge < -0.3 is 5.73 Å². The van der Waals surface area contributed by atoms with Gasteiger partial charge in [0.15, 0.2) is 9.50 Å². The van der Waals surface area contributed by atoms with Crippen LogP contribution >= 0.6 is 34.7 Å². The lowest BCUT2D eigenvalue weighted by Gasteiger charge is -2.12. The summed E-state index contributed by atoms with van der Waals surface area (Å²) in [6.45, 7) is 0.395. The fourth-order valence-corrected chi connectivity index (χ4v) is 4.30. The predicted octanol–water partition coefficient (Wildman–Crippen LogP) is 3.68. The molecule has 0 aliphatic heterocycles. The van der Waals surface area contributed by atoms with Gasteiger partial charge in [-0.2, -0.15) is 0 Å². The Labute approximate surface area is 161 Å². The second kappa shape index (κ2) is 7.06. The number of nitrogens with zero attached hydrogens (tertiary/aromatic N) is 4. The number of hydrogen-bond acceptors (Lipinski definition) is 7. The van der Waals surface area contributed by atoms with Gasteiger partial charge in [0, 0.05) is 5.02 Å². The quantitative estimate of drug-likeness (QED) is 0.525. The summed E-state index contributed by atoms with van der Waals surface area (Å²) in [5.41, 5.74) is 7.09. The van der Waals surface area contributed by atoms with Gasteiger partial charge in [-0.15, -0.1) is 10.2 Å². The van der Waals surface area contributed by atoms with E-state index in [4.69, 9.17) is 17.3 Å². The van der Waals surface area contributed by atoms with Gasteiger partial charge in [0.1, 0.15) is 0 Å². The first-order valence-electron chi connectivity index (χ1n) is 7.61. The molecule has 0 radical (unpaired) electrons. The normalized spacial score (nSPS) is 11.1. The number of anilines is 1. The molecule has 0 aliphatic carbocycles. The highest BCUT2D eigenvalue weighted by atomic mass is 35.5. The Balaban J connectivity index is 1.88. The molecule has 26 heavy (non-hydrogen) atoms. The standard InChI is InChI=1S/C17H12ClN5OS2/c18-11-6-7-13-12(8-11)14(24)23(9-10-4-2-1-3-5-10)16(20-13)26-17-22-21-15(19)25-17/h1-8H,9H2,(H2,19,21). The molecule has 0 bridgehead atoms. The Morgan fingerprint density at radius 2 is 1.96 bits per heavy atom. The van der Waals surface area contributed by atoms with Crippen molar-refractivity contribution in [3.05, 3.63) is 69.5 Å². The maximum atomic E-state index is 13.1. The number of hydrogen-bond donors (Lipinski definition) is 1. The highest BCUT2D eigenvalue weighted by Gasteiger charge is 2.15. The topological polar surface area (TPSA) is 86.7 Å². The van der Waals surface area contributed by atoms with E-state index in [-0.39, 0.29) is 5.56 Å². The molecule has 4 aromatic rings. The molecule has 0 amide bonds. The second-order valence-corrected chi connectivity index (χ2v) is 8.10. The summed E-state index contributed by atoms with van der Waals surface area (Å²) in [4.78, 5) is 17.7. The lowest BCUT2D eigenvalue weighted by molar-refractivity contribution is 0.658. The van der Waals surface area contributed by atoms with Crippen LogP contribution in [0.4, 0.5) is 5.13 Å². The lowest BCUT2D eigenvalue weighted by Crippen LogP contribution is -2.24. The fourth-order valence-electron chi connectivity index (χ4n) is 2.50. The molecule has 0 saturated heterocycles. The lowest BCUT2D eigenvalue weighted by atomic mass is 10.2. The molecule has 0 unspecified atom stereocenters. The van der Waals surface area contributed by atoms with Crippen molar-refractivity contribution < 1.29 is 0 Å². The zero-order valence-electron chi connectivity index (χ0n) is 13.3. The van der Waals surface area contributed by atoms with Crippen LogP contribution in [0.1, 0.15) is 5.56 Å². The smallest absolute Gasteiger partial charge is 0.262 e. The van der Waals surface area contributed by atoms with Crippen molar-refractivity contribution >= 4 is 50.7 Å². The van der Waals surface area contributed by atoms with Crippen LogP contribution in [0.15, 0.2) is 62.8 Å². The number of fused-ring (bicyclic) bond motifs is 1. The Kier molecular flexibility index (Phi) is 4.62. The average molecular weight is 402 g/mol. The summed E-state index contributed by atoms with van der Waals surface area (Å²) in [7, 11) is 0. The van der Waals surface area contributed by atoms with E-state index in [1.165, 1.54) is 23.1 Å². The Hall–Kier alpha value is -2.42. The van der Waals surface area contributed by atoms with Gasteiger partial charge in [0.25, 0.3) is 5.56 Å². The Morgan fingerprint density at radius 1 is 1.15 bits per heavy atom. The maximum absolute atomic E-state index is 13.1. The fraction of sp³-hybridized carbons (Fsp3) is 0.0588. The van der Waals surface area contributed by atoms with Crippen molar-refractivity contribution in [3.63, 3.8) is 0 Å². The summed E-state index contributed by atoms with van der Waals surface area (Å²) in [6, 6.07) is 14.8. The molecule has 2 heterocycles. The van der Waals surface area contributed by atoms with Crippen molar-refractivity contribution in [1.82, 2.24) is 19.7 Å². The minimum atomic E-state index is -0.152. The molecule has 6 nitrogen and oxygen atoms in total. The van der Waals surface area contributed by atoms with Crippen LogP contribution in [0.3, 0.4) is 0 Å². The molecule has 2 aromatic heterocycles. The molecule has 0 aliphatic rings. The van der Waals surface area contributed by atoms with Crippen molar-refractivity contribution in [2.24, 2.45) is 0 Å². The molecular weight excluding hydrogens is 390 g/mol. The highest BCUT2D eigenvalue weighted by molar-refractivity contribution is 8.00. The van der Waals surface area contributed by atoms with E-state index in [0.717, 1.165) is 5.56 Å². The van der Waals surface area contributed by atoms with Gasteiger partial charge in [-0.1, -0.05) is 53.3 Å². The van der Waals surface area contributed by atoms with Crippen LogP contribution < -0.4 is 11.3 Å². The Bertz CT molecular complexity index is 1140. The summed E-state index contributed by atoms with van der Waals surface area (Å²) >= 11 is 8.59. The molecule has 0 fully saturated rings. The molecular formula is C17H12ClN5OS2.